The van der Waals surface area contributed by atoms with E-state index in [9.17, 15) is 4.79 Å². The molecule has 0 unspecified atom stereocenters. The van der Waals surface area contributed by atoms with Crippen molar-refractivity contribution in [1.82, 2.24) is 0 Å². The molecule has 1 aliphatic heterocycles. The van der Waals surface area contributed by atoms with Gasteiger partial charge in [0, 0.05) is 0 Å². The maximum atomic E-state index is 10.8. The second-order valence-corrected chi connectivity index (χ2v) is 2.48. The van der Waals surface area contributed by atoms with Crippen LogP contribution in [0.5, 0.6) is 0 Å². The molecule has 2 aliphatic rings. The van der Waals surface area contributed by atoms with Gasteiger partial charge in [-0.1, -0.05) is 0 Å². The van der Waals surface area contributed by atoms with Crippen molar-refractivity contribution in [3.05, 3.63) is 0 Å². The highest BCUT2D eigenvalue weighted by atomic mass is 16.6. The molecule has 0 bridgehead atoms. The van der Waals surface area contributed by atoms with Crippen molar-refractivity contribution in [2.75, 3.05) is 13.2 Å². The second kappa shape index (κ2) is 1.48. The van der Waals surface area contributed by atoms with Crippen LogP contribution >= 0.6 is 0 Å². The molecule has 1 heterocycles. The van der Waals surface area contributed by atoms with Gasteiger partial charge in [-0.05, 0) is 12.8 Å². The molecule has 1 spiro atoms. The zero-order valence-electron chi connectivity index (χ0n) is 5.05. The molecule has 0 aromatic rings. The van der Waals surface area contributed by atoms with Crippen molar-refractivity contribution in [2.45, 2.75) is 18.4 Å². The molecule has 0 radical (unpaired) electrons. The van der Waals surface area contributed by atoms with Gasteiger partial charge < -0.3 is 9.47 Å². The first-order valence-electron chi connectivity index (χ1n) is 3.15. The highest BCUT2D eigenvalue weighted by Crippen LogP contribution is 2.41. The van der Waals surface area contributed by atoms with Gasteiger partial charge in [-0.15, -0.1) is 0 Å². The highest BCUT2D eigenvalue weighted by molar-refractivity contribution is 5.83. The minimum Gasteiger partial charge on any atom is -0.461 e. The topological polar surface area (TPSA) is 35.5 Å². The van der Waals surface area contributed by atoms with Crippen LogP contribution in [0.1, 0.15) is 12.8 Å². The molecule has 3 nitrogen and oxygen atoms in total. The number of cyclic esters (lactones) is 1. The Hall–Kier alpha value is -0.570. The third-order valence-corrected chi connectivity index (χ3v) is 1.77. The van der Waals surface area contributed by atoms with Crippen molar-refractivity contribution < 1.29 is 14.3 Å². The molecule has 1 saturated carbocycles. The molecule has 1 saturated heterocycles. The second-order valence-electron chi connectivity index (χ2n) is 2.48. The van der Waals surface area contributed by atoms with E-state index < -0.39 is 5.60 Å². The third-order valence-electron chi connectivity index (χ3n) is 1.77. The Morgan fingerprint density at radius 2 is 2.11 bits per heavy atom. The largest absolute Gasteiger partial charge is 0.461 e. The first-order valence-corrected chi connectivity index (χ1v) is 3.15. The van der Waals surface area contributed by atoms with Crippen LogP contribution in [0.25, 0.3) is 0 Å². The number of carbonyl (C=O) groups excluding carboxylic acids is 1. The Balaban J connectivity index is 2.12. The van der Waals surface area contributed by atoms with E-state index in [4.69, 9.17) is 9.47 Å². The minimum atomic E-state index is -0.474. The molecule has 0 atom stereocenters. The molecule has 1 aliphatic carbocycles. The summed E-state index contributed by atoms with van der Waals surface area (Å²) < 4.78 is 10.0. The van der Waals surface area contributed by atoms with Crippen LogP contribution in [0.3, 0.4) is 0 Å². The summed E-state index contributed by atoms with van der Waals surface area (Å²) >= 11 is 0. The zero-order chi connectivity index (χ0) is 6.32. The summed E-state index contributed by atoms with van der Waals surface area (Å²) in [5.41, 5.74) is -0.474. The maximum absolute atomic E-state index is 10.8. The summed E-state index contributed by atoms with van der Waals surface area (Å²) in [4.78, 5) is 10.8. The molecular formula is C6H8O3. The van der Waals surface area contributed by atoms with Crippen molar-refractivity contribution in [3.63, 3.8) is 0 Å². The number of hydrogen-bond acceptors (Lipinski definition) is 3. The van der Waals surface area contributed by atoms with Crippen LogP contribution in [0.4, 0.5) is 0 Å². The lowest BCUT2D eigenvalue weighted by Crippen LogP contribution is -2.35. The lowest BCUT2D eigenvalue weighted by Gasteiger charge is -2.20. The summed E-state index contributed by atoms with van der Waals surface area (Å²) in [6.07, 6.45) is 1.71. The Morgan fingerprint density at radius 3 is 2.56 bits per heavy atom. The van der Waals surface area contributed by atoms with Crippen LogP contribution in [0.15, 0.2) is 0 Å². The Labute approximate surface area is 52.9 Å². The normalized spacial score (nSPS) is 30.0. The summed E-state index contributed by atoms with van der Waals surface area (Å²) in [6.45, 7) is 1.01. The van der Waals surface area contributed by atoms with E-state index in [-0.39, 0.29) is 5.97 Å². The molecule has 50 valence electrons. The quantitative estimate of drug-likeness (QED) is 0.434. The van der Waals surface area contributed by atoms with Gasteiger partial charge in [0.05, 0.1) is 6.61 Å². The first kappa shape index (κ1) is 5.23. The van der Waals surface area contributed by atoms with E-state index in [2.05, 4.69) is 0 Å². The molecule has 0 N–H and O–H groups in total. The lowest BCUT2D eigenvalue weighted by molar-refractivity contribution is -0.175. The smallest absolute Gasteiger partial charge is 0.338 e. The van der Waals surface area contributed by atoms with E-state index in [1.54, 1.807) is 0 Å². The third kappa shape index (κ3) is 0.645. The van der Waals surface area contributed by atoms with Crippen molar-refractivity contribution in [2.24, 2.45) is 0 Å². The van der Waals surface area contributed by atoms with Gasteiger partial charge in [-0.2, -0.15) is 0 Å². The predicted molar refractivity (Wildman–Crippen MR) is 28.9 cm³/mol. The van der Waals surface area contributed by atoms with Gasteiger partial charge in [0.2, 0.25) is 0 Å². The Bertz CT molecular complexity index is 148. The fraction of sp³-hybridized carbons (Fsp3) is 0.833. The Kier molecular flexibility index (Phi) is 0.858. The van der Waals surface area contributed by atoms with Gasteiger partial charge in [-0.3, -0.25) is 0 Å². The van der Waals surface area contributed by atoms with Gasteiger partial charge in [0.1, 0.15) is 6.61 Å². The fourth-order valence-corrected chi connectivity index (χ4v) is 1.02. The molecule has 2 rings (SSSR count). The number of ether oxygens (including phenoxy) is 2. The zero-order valence-corrected chi connectivity index (χ0v) is 5.05. The minimum absolute atomic E-state index is 0.159. The molecule has 0 aromatic carbocycles. The van der Waals surface area contributed by atoms with Crippen LogP contribution in [-0.4, -0.2) is 24.8 Å². The van der Waals surface area contributed by atoms with Crippen LogP contribution in [0, 0.1) is 0 Å². The molecule has 3 heteroatoms. The van der Waals surface area contributed by atoms with Crippen LogP contribution < -0.4 is 0 Å². The van der Waals surface area contributed by atoms with Gasteiger partial charge in [-0.25, -0.2) is 4.79 Å². The van der Waals surface area contributed by atoms with Crippen LogP contribution in [0.2, 0.25) is 0 Å². The standard InChI is InChI=1S/C6H8O3/c7-5-6(1-2-6)9-4-3-8-5/h1-4H2. The van der Waals surface area contributed by atoms with Crippen LogP contribution in [-0.2, 0) is 14.3 Å². The lowest BCUT2D eigenvalue weighted by atomic mass is 10.3. The van der Waals surface area contributed by atoms with Gasteiger partial charge in [0.25, 0.3) is 0 Å². The average Bonchev–Trinajstić information content (AvgIpc) is 2.60. The van der Waals surface area contributed by atoms with E-state index in [0.29, 0.717) is 13.2 Å². The number of hydrogen-bond donors (Lipinski definition) is 0. The molecule has 0 aromatic heterocycles. The van der Waals surface area contributed by atoms with Crippen molar-refractivity contribution in [3.8, 4) is 0 Å². The predicted octanol–water partition coefficient (Wildman–Crippen LogP) is 0.0924. The van der Waals surface area contributed by atoms with Crippen molar-refractivity contribution in [1.29, 1.82) is 0 Å². The molecular weight excluding hydrogens is 120 g/mol. The first-order chi connectivity index (χ1) is 4.33. The summed E-state index contributed by atoms with van der Waals surface area (Å²) in [7, 11) is 0. The summed E-state index contributed by atoms with van der Waals surface area (Å²) in [5.74, 6) is -0.159. The molecule has 9 heavy (non-hydrogen) atoms. The maximum Gasteiger partial charge on any atom is 0.338 e. The van der Waals surface area contributed by atoms with Gasteiger partial charge >= 0.3 is 5.97 Å². The van der Waals surface area contributed by atoms with E-state index >= 15 is 0 Å². The number of esters is 1. The Morgan fingerprint density at radius 1 is 1.33 bits per heavy atom. The van der Waals surface area contributed by atoms with E-state index in [1.807, 2.05) is 0 Å². The average molecular weight is 128 g/mol. The summed E-state index contributed by atoms with van der Waals surface area (Å²) in [5, 5.41) is 0. The van der Waals surface area contributed by atoms with E-state index in [0.717, 1.165) is 12.8 Å². The highest BCUT2D eigenvalue weighted by Gasteiger charge is 2.54. The number of carbonyl (C=O) groups is 1. The SMILES string of the molecule is O=C1OCCOC12CC2. The monoisotopic (exact) mass is 128 g/mol. The fourth-order valence-electron chi connectivity index (χ4n) is 1.02. The molecule has 2 fully saturated rings. The van der Waals surface area contributed by atoms with Crippen molar-refractivity contribution >= 4 is 5.97 Å². The molecule has 0 amide bonds. The van der Waals surface area contributed by atoms with Gasteiger partial charge in [0.15, 0.2) is 5.60 Å². The summed E-state index contributed by atoms with van der Waals surface area (Å²) in [6, 6.07) is 0. The number of rotatable bonds is 0. The van der Waals surface area contributed by atoms with E-state index in [1.165, 1.54) is 0 Å².